The van der Waals surface area contributed by atoms with Crippen LogP contribution in [0.1, 0.15) is 99.4 Å². The van der Waals surface area contributed by atoms with Gasteiger partial charge in [0.15, 0.2) is 0 Å². The van der Waals surface area contributed by atoms with E-state index >= 15 is 0 Å². The fourth-order valence-corrected chi connectivity index (χ4v) is 6.26. The third-order valence-corrected chi connectivity index (χ3v) is 9.25. The molecule has 2 aromatic rings. The molecule has 0 bridgehead atoms. The van der Waals surface area contributed by atoms with Gasteiger partial charge in [-0.3, -0.25) is 19.2 Å². The highest BCUT2D eigenvalue weighted by Crippen LogP contribution is 2.33. The van der Waals surface area contributed by atoms with Gasteiger partial charge in [0.2, 0.25) is 0 Å². The van der Waals surface area contributed by atoms with Crippen molar-refractivity contribution in [3.63, 3.8) is 0 Å². The monoisotopic (exact) mass is 616 g/mol. The second-order valence-electron chi connectivity index (χ2n) is 12.2. The molecule has 2 aliphatic rings. The van der Waals surface area contributed by atoms with Gasteiger partial charge in [-0.05, 0) is 98.9 Å². The Morgan fingerprint density at radius 3 is 1.36 bits per heavy atom. The van der Waals surface area contributed by atoms with Crippen molar-refractivity contribution in [3.8, 4) is 0 Å². The number of rotatable bonds is 12. The molecule has 4 rings (SSSR count). The van der Waals surface area contributed by atoms with Gasteiger partial charge < -0.3 is 30.8 Å². The Kier molecular flexibility index (Phi) is 9.75. The van der Waals surface area contributed by atoms with E-state index in [1.54, 1.807) is 27.7 Å². The summed E-state index contributed by atoms with van der Waals surface area (Å²) in [5.41, 5.74) is 11.4. The van der Waals surface area contributed by atoms with E-state index in [-0.39, 0.29) is 11.8 Å². The van der Waals surface area contributed by atoms with Crippen molar-refractivity contribution >= 4 is 35.9 Å². The normalized spacial score (nSPS) is 18.3. The van der Waals surface area contributed by atoms with E-state index in [1.807, 2.05) is 39.8 Å². The summed E-state index contributed by atoms with van der Waals surface area (Å²) in [6.45, 7) is 14.8. The van der Waals surface area contributed by atoms with Crippen molar-refractivity contribution in [2.24, 2.45) is 11.8 Å². The Morgan fingerprint density at radius 2 is 1.04 bits per heavy atom. The Hall–Kier alpha value is -4.60. The van der Waals surface area contributed by atoms with Gasteiger partial charge in [-0.2, -0.15) is 0 Å². The smallest absolute Gasteiger partial charge is 0.306 e. The van der Waals surface area contributed by atoms with E-state index in [2.05, 4.69) is 20.6 Å². The number of H-pyrrole nitrogens is 2. The van der Waals surface area contributed by atoms with Gasteiger partial charge in [0, 0.05) is 51.7 Å². The summed E-state index contributed by atoms with van der Waals surface area (Å²) in [5.74, 6) is -3.32. The van der Waals surface area contributed by atoms with Gasteiger partial charge >= 0.3 is 11.9 Å². The van der Waals surface area contributed by atoms with E-state index in [0.717, 1.165) is 67.6 Å². The molecule has 0 fully saturated rings. The van der Waals surface area contributed by atoms with Crippen LogP contribution in [-0.4, -0.2) is 43.9 Å². The fraction of sp³-hybridized carbons (Fsp3) is 0.429. The highest BCUT2D eigenvalue weighted by molar-refractivity contribution is 6.01. The molecule has 10 heteroatoms. The molecule has 2 aromatic heterocycles. The van der Waals surface area contributed by atoms with Gasteiger partial charge in [-0.15, -0.1) is 0 Å². The zero-order valence-corrected chi connectivity index (χ0v) is 27.4. The molecule has 0 unspecified atom stereocenters. The molecule has 2 atom stereocenters. The summed E-state index contributed by atoms with van der Waals surface area (Å²) in [6.07, 6.45) is 6.16. The maximum atomic E-state index is 12.4. The molecule has 240 valence electrons. The van der Waals surface area contributed by atoms with E-state index in [1.165, 1.54) is 0 Å². The lowest BCUT2D eigenvalue weighted by atomic mass is 9.93. The summed E-state index contributed by atoms with van der Waals surface area (Å²) in [5, 5.41) is 25.4. The number of nitrogens with one attached hydrogen (secondary N) is 4. The second kappa shape index (κ2) is 13.2. The number of allylic oxidation sites excluding steroid dienone is 2. The summed E-state index contributed by atoms with van der Waals surface area (Å²) in [6, 6.07) is 0. The molecule has 0 spiro atoms. The Labute approximate surface area is 263 Å². The minimum Gasteiger partial charge on any atom is -0.481 e. The molecule has 0 saturated heterocycles. The van der Waals surface area contributed by atoms with Gasteiger partial charge in [0.05, 0.1) is 11.8 Å². The molecular weight excluding hydrogens is 572 g/mol. The number of amides is 2. The van der Waals surface area contributed by atoms with E-state index < -0.39 is 23.8 Å². The number of carbonyl (C=O) groups excluding carboxylic acids is 2. The zero-order chi connectivity index (χ0) is 33.3. The number of aromatic amines is 2. The molecule has 2 amide bonds. The Bertz CT molecular complexity index is 1590. The minimum absolute atomic E-state index is 0.127. The number of hydrogen-bond acceptors (Lipinski definition) is 4. The molecule has 2 aliphatic heterocycles. The van der Waals surface area contributed by atoms with Gasteiger partial charge in [-0.1, -0.05) is 27.7 Å². The second-order valence-corrected chi connectivity index (χ2v) is 12.2. The number of hydrogen-bond donors (Lipinski definition) is 6. The van der Waals surface area contributed by atoms with Crippen LogP contribution in [0.4, 0.5) is 0 Å². The van der Waals surface area contributed by atoms with Crippen LogP contribution in [0, 0.1) is 25.7 Å². The molecule has 45 heavy (non-hydrogen) atoms. The molecule has 4 heterocycles. The first kappa shape index (κ1) is 33.3. The van der Waals surface area contributed by atoms with Gasteiger partial charge in [-0.25, -0.2) is 0 Å². The minimum atomic E-state index is -0.898. The lowest BCUT2D eigenvalue weighted by molar-refractivity contribution is -0.142. The molecular formula is C35H44N4O6. The van der Waals surface area contributed by atoms with Gasteiger partial charge in [0.25, 0.3) is 11.8 Å². The maximum absolute atomic E-state index is 12.4. The first-order valence-electron chi connectivity index (χ1n) is 15.5. The standard InChI is InChI=1S/C35H44N4O6/c1-9-22-20(7)32(40)38-28(22)13-26-18(5)24(11-16(3)34(42)43)30(36-26)15-31-25(12-17(4)35(44)45)19(6)27(37-31)14-29-23(10-2)21(8)33(41)39-29/h13-14,16-17,36-37H,9-12,15H2,1-8H3,(H,38,40)(H,39,41)(H,42,43)(H,44,45)/b28-13-,29-14-/t16-,17-/m0/s1. The molecule has 0 aromatic carbocycles. The predicted octanol–water partition coefficient (Wildman–Crippen LogP) is 5.47. The van der Waals surface area contributed by atoms with Crippen LogP contribution in [0.5, 0.6) is 0 Å². The van der Waals surface area contributed by atoms with Crippen LogP contribution in [-0.2, 0) is 38.4 Å². The lowest BCUT2D eigenvalue weighted by Crippen LogP contribution is -2.15. The van der Waals surface area contributed by atoms with Crippen molar-refractivity contribution < 1.29 is 29.4 Å². The van der Waals surface area contributed by atoms with Crippen LogP contribution < -0.4 is 10.6 Å². The molecule has 0 radical (unpaired) electrons. The quantitative estimate of drug-likeness (QED) is 0.185. The van der Waals surface area contributed by atoms with E-state index in [4.69, 9.17) is 0 Å². The molecule has 6 N–H and O–H groups in total. The molecule has 10 nitrogen and oxygen atoms in total. The Morgan fingerprint density at radius 1 is 0.689 bits per heavy atom. The number of carboxylic acid groups (broad SMARTS) is 2. The van der Waals surface area contributed by atoms with E-state index in [9.17, 15) is 29.4 Å². The number of carbonyl (C=O) groups is 4. The van der Waals surface area contributed by atoms with Crippen molar-refractivity contribution in [2.75, 3.05) is 0 Å². The summed E-state index contributed by atoms with van der Waals surface area (Å²) >= 11 is 0. The number of carboxylic acids is 2. The first-order valence-corrected chi connectivity index (χ1v) is 15.5. The zero-order valence-electron chi connectivity index (χ0n) is 27.4. The van der Waals surface area contributed by atoms with Crippen molar-refractivity contribution in [2.45, 2.75) is 87.5 Å². The van der Waals surface area contributed by atoms with Crippen LogP contribution in [0.2, 0.25) is 0 Å². The van der Waals surface area contributed by atoms with Crippen molar-refractivity contribution in [1.29, 1.82) is 0 Å². The largest absolute Gasteiger partial charge is 0.481 e. The Balaban J connectivity index is 1.85. The van der Waals surface area contributed by atoms with Crippen LogP contribution in [0.3, 0.4) is 0 Å². The van der Waals surface area contributed by atoms with Gasteiger partial charge in [0.1, 0.15) is 0 Å². The lowest BCUT2D eigenvalue weighted by Gasteiger charge is -2.12. The SMILES string of the molecule is CCC1=C(C)C(=O)N/C1=C\c1[nH]c(Cc2[nH]c(/C=C3\NC(=O)C(C)=C3CC)c(C)c2C[C@H](C)C(=O)O)c(C[C@H](C)C(=O)O)c1C. The number of aliphatic carboxylic acids is 2. The highest BCUT2D eigenvalue weighted by atomic mass is 16.4. The molecule has 0 saturated carbocycles. The average Bonchev–Trinajstić information content (AvgIpc) is 3.62. The van der Waals surface area contributed by atoms with Crippen molar-refractivity contribution in [1.82, 2.24) is 20.6 Å². The average molecular weight is 617 g/mol. The van der Waals surface area contributed by atoms with Crippen molar-refractivity contribution in [3.05, 3.63) is 78.7 Å². The highest BCUT2D eigenvalue weighted by Gasteiger charge is 2.27. The molecule has 0 aliphatic carbocycles. The van der Waals surface area contributed by atoms with E-state index in [0.29, 0.717) is 43.3 Å². The topological polar surface area (TPSA) is 164 Å². The summed E-state index contributed by atoms with van der Waals surface area (Å²) in [4.78, 5) is 55.6. The fourth-order valence-electron chi connectivity index (χ4n) is 6.26. The predicted molar refractivity (Wildman–Crippen MR) is 173 cm³/mol. The third kappa shape index (κ3) is 6.60. The third-order valence-electron chi connectivity index (χ3n) is 9.25. The summed E-state index contributed by atoms with van der Waals surface area (Å²) < 4.78 is 0. The first-order chi connectivity index (χ1) is 21.2. The summed E-state index contributed by atoms with van der Waals surface area (Å²) in [7, 11) is 0. The van der Waals surface area contributed by atoms with Crippen LogP contribution >= 0.6 is 0 Å². The van der Waals surface area contributed by atoms with Crippen LogP contribution in [0.15, 0.2) is 33.7 Å². The maximum Gasteiger partial charge on any atom is 0.306 e. The number of aromatic nitrogens is 2. The van der Waals surface area contributed by atoms with Crippen LogP contribution in [0.25, 0.3) is 12.2 Å².